The molecular formula is C19H27BrN2O5S. The number of carboxylic acid groups (broad SMARTS) is 1. The molecule has 7 nitrogen and oxygen atoms in total. The van der Waals surface area contributed by atoms with Crippen LogP contribution in [0, 0.1) is 0 Å². The molecule has 156 valence electrons. The summed E-state index contributed by atoms with van der Waals surface area (Å²) in [5.41, 5.74) is 0.711. The van der Waals surface area contributed by atoms with Crippen LogP contribution in [0.3, 0.4) is 0 Å². The number of carbonyl (C=O) groups is 1. The Bertz CT molecular complexity index is 822. The van der Waals surface area contributed by atoms with Crippen LogP contribution in [-0.2, 0) is 0 Å². The molecule has 0 radical (unpaired) electrons. The van der Waals surface area contributed by atoms with E-state index in [9.17, 15) is 24.9 Å². The highest BCUT2D eigenvalue weighted by Crippen LogP contribution is 2.31. The van der Waals surface area contributed by atoms with Gasteiger partial charge in [-0.2, -0.15) is 0 Å². The number of fused-ring (bicyclic) bond motifs is 1. The van der Waals surface area contributed by atoms with Gasteiger partial charge in [0.05, 0.1) is 17.3 Å². The SMILES string of the molecule is O=C(O)N(CCCCCCCCCBr)CC(O)c1ccc(O)c2[nH]c(=O)sc12. The van der Waals surface area contributed by atoms with E-state index in [0.717, 1.165) is 42.4 Å². The number of unbranched alkanes of at least 4 members (excludes halogenated alkanes) is 6. The molecule has 9 heteroatoms. The zero-order chi connectivity index (χ0) is 20.5. The topological polar surface area (TPSA) is 114 Å². The first-order chi connectivity index (χ1) is 13.4. The van der Waals surface area contributed by atoms with E-state index >= 15 is 0 Å². The smallest absolute Gasteiger partial charge is 0.407 e. The van der Waals surface area contributed by atoms with Crippen molar-refractivity contribution in [1.82, 2.24) is 9.88 Å². The number of hydrogen-bond donors (Lipinski definition) is 4. The first kappa shape index (κ1) is 22.7. The van der Waals surface area contributed by atoms with Gasteiger partial charge >= 0.3 is 11.0 Å². The zero-order valence-electron chi connectivity index (χ0n) is 15.7. The number of thiazole rings is 1. The van der Waals surface area contributed by atoms with Crippen LogP contribution >= 0.6 is 27.3 Å². The fourth-order valence-corrected chi connectivity index (χ4v) is 4.47. The van der Waals surface area contributed by atoms with Crippen LogP contribution in [0.25, 0.3) is 10.2 Å². The van der Waals surface area contributed by atoms with Gasteiger partial charge in [0.25, 0.3) is 0 Å². The van der Waals surface area contributed by atoms with Gasteiger partial charge in [0.1, 0.15) is 11.3 Å². The lowest BCUT2D eigenvalue weighted by atomic mass is 10.1. The van der Waals surface area contributed by atoms with Crippen molar-refractivity contribution in [3.8, 4) is 5.75 Å². The lowest BCUT2D eigenvalue weighted by Gasteiger charge is -2.23. The van der Waals surface area contributed by atoms with E-state index in [1.54, 1.807) is 0 Å². The predicted molar refractivity (Wildman–Crippen MR) is 115 cm³/mol. The standard InChI is InChI=1S/C19H27BrN2O5S/c20-10-6-4-2-1-3-5-7-11-22(19(26)27)12-15(24)13-8-9-14(23)16-17(13)28-18(25)21-16/h8-9,15,23-24H,1-7,10-12H2,(H,21,25)(H,26,27). The summed E-state index contributed by atoms with van der Waals surface area (Å²) < 4.78 is 0.450. The van der Waals surface area contributed by atoms with Crippen molar-refractivity contribution in [2.24, 2.45) is 0 Å². The second kappa shape index (κ2) is 11.4. The number of nitrogens with zero attached hydrogens (tertiary/aromatic N) is 1. The number of aromatic nitrogens is 1. The summed E-state index contributed by atoms with van der Waals surface area (Å²) >= 11 is 4.31. The molecule has 1 unspecified atom stereocenters. The largest absolute Gasteiger partial charge is 0.506 e. The molecule has 1 aromatic heterocycles. The summed E-state index contributed by atoms with van der Waals surface area (Å²) in [5.74, 6) is -0.0736. The average Bonchev–Trinajstić information content (AvgIpc) is 3.05. The number of H-pyrrole nitrogens is 1. The van der Waals surface area contributed by atoms with E-state index in [4.69, 9.17) is 0 Å². The number of aliphatic hydroxyl groups excluding tert-OH is 1. The van der Waals surface area contributed by atoms with Crippen LogP contribution in [0.4, 0.5) is 4.79 Å². The van der Waals surface area contributed by atoms with Crippen LogP contribution in [0.2, 0.25) is 0 Å². The van der Waals surface area contributed by atoms with Crippen molar-refractivity contribution in [1.29, 1.82) is 0 Å². The third-order valence-electron chi connectivity index (χ3n) is 4.67. The third kappa shape index (κ3) is 6.49. The van der Waals surface area contributed by atoms with Gasteiger partial charge in [-0.05, 0) is 18.9 Å². The minimum Gasteiger partial charge on any atom is -0.506 e. The Kier molecular flexibility index (Phi) is 9.27. The van der Waals surface area contributed by atoms with Crippen LogP contribution in [-0.4, -0.2) is 49.7 Å². The highest BCUT2D eigenvalue weighted by atomic mass is 79.9. The number of aliphatic hydroxyl groups is 1. The number of aromatic hydroxyl groups is 1. The van der Waals surface area contributed by atoms with Gasteiger partial charge in [0.2, 0.25) is 0 Å². The number of alkyl halides is 1. The molecular weight excluding hydrogens is 448 g/mol. The van der Waals surface area contributed by atoms with E-state index in [1.165, 1.54) is 36.3 Å². The van der Waals surface area contributed by atoms with Gasteiger partial charge in [0, 0.05) is 17.4 Å². The maximum atomic E-state index is 11.6. The Hall–Kier alpha value is -1.58. The lowest BCUT2D eigenvalue weighted by molar-refractivity contribution is 0.0965. The fourth-order valence-electron chi connectivity index (χ4n) is 3.15. The molecule has 0 aliphatic heterocycles. The predicted octanol–water partition coefficient (Wildman–Crippen LogP) is 4.43. The summed E-state index contributed by atoms with van der Waals surface area (Å²) in [4.78, 5) is 26.5. The molecule has 0 fully saturated rings. The molecule has 4 N–H and O–H groups in total. The Morgan fingerprint density at radius 1 is 1.14 bits per heavy atom. The number of nitrogens with one attached hydrogen (secondary N) is 1. The van der Waals surface area contributed by atoms with Crippen molar-refractivity contribution in [2.45, 2.75) is 51.0 Å². The Morgan fingerprint density at radius 3 is 2.43 bits per heavy atom. The molecule has 2 aromatic rings. The molecule has 0 bridgehead atoms. The molecule has 28 heavy (non-hydrogen) atoms. The van der Waals surface area contributed by atoms with Gasteiger partial charge in [-0.15, -0.1) is 0 Å². The number of aromatic amines is 1. The number of halogens is 1. The lowest BCUT2D eigenvalue weighted by Crippen LogP contribution is -2.34. The van der Waals surface area contributed by atoms with Gasteiger partial charge in [0.15, 0.2) is 0 Å². The van der Waals surface area contributed by atoms with Crippen molar-refractivity contribution in [3.05, 3.63) is 27.4 Å². The van der Waals surface area contributed by atoms with Crippen LogP contribution in [0.1, 0.15) is 56.6 Å². The summed E-state index contributed by atoms with van der Waals surface area (Å²) in [6.07, 6.45) is 5.38. The fraction of sp³-hybridized carbons (Fsp3) is 0.579. The maximum absolute atomic E-state index is 11.6. The molecule has 2 rings (SSSR count). The first-order valence-electron chi connectivity index (χ1n) is 9.50. The quantitative estimate of drug-likeness (QED) is 0.268. The van der Waals surface area contributed by atoms with E-state index in [0.29, 0.717) is 16.8 Å². The molecule has 0 saturated heterocycles. The summed E-state index contributed by atoms with van der Waals surface area (Å²) in [7, 11) is 0. The summed E-state index contributed by atoms with van der Waals surface area (Å²) in [6.45, 7) is 0.283. The molecule has 0 spiro atoms. The molecule has 1 heterocycles. The Morgan fingerprint density at radius 2 is 1.79 bits per heavy atom. The summed E-state index contributed by atoms with van der Waals surface area (Å²) in [5, 5.41) is 30.9. The number of phenolic OH excluding ortho intramolecular Hbond substituents is 1. The zero-order valence-corrected chi connectivity index (χ0v) is 18.1. The van der Waals surface area contributed by atoms with Crippen LogP contribution in [0.5, 0.6) is 5.75 Å². The third-order valence-corrected chi connectivity index (χ3v) is 6.16. The maximum Gasteiger partial charge on any atom is 0.407 e. The molecule has 0 aliphatic carbocycles. The number of hydrogen-bond acceptors (Lipinski definition) is 5. The average molecular weight is 475 g/mol. The Labute approximate surface area is 176 Å². The normalized spacial score (nSPS) is 12.4. The van der Waals surface area contributed by atoms with Crippen molar-refractivity contribution in [3.63, 3.8) is 0 Å². The highest BCUT2D eigenvalue weighted by molar-refractivity contribution is 9.09. The molecule has 0 aliphatic rings. The second-order valence-electron chi connectivity index (χ2n) is 6.80. The van der Waals surface area contributed by atoms with Gasteiger partial charge < -0.3 is 25.2 Å². The number of amides is 1. The minimum absolute atomic E-state index is 0.0736. The molecule has 1 atom stereocenters. The van der Waals surface area contributed by atoms with E-state index in [-0.39, 0.29) is 22.7 Å². The van der Waals surface area contributed by atoms with Gasteiger partial charge in [-0.25, -0.2) is 4.79 Å². The molecule has 0 saturated carbocycles. The highest BCUT2D eigenvalue weighted by Gasteiger charge is 2.21. The van der Waals surface area contributed by atoms with Gasteiger partial charge in [-0.1, -0.05) is 65.4 Å². The Balaban J connectivity index is 1.89. The molecule has 1 aromatic carbocycles. The second-order valence-corrected chi connectivity index (χ2v) is 8.58. The van der Waals surface area contributed by atoms with E-state index < -0.39 is 12.2 Å². The minimum atomic E-state index is -1.08. The first-order valence-corrected chi connectivity index (χ1v) is 11.4. The van der Waals surface area contributed by atoms with Gasteiger partial charge in [-0.3, -0.25) is 4.79 Å². The number of rotatable bonds is 12. The monoisotopic (exact) mass is 474 g/mol. The summed E-state index contributed by atoms with van der Waals surface area (Å²) in [6, 6.07) is 2.92. The van der Waals surface area contributed by atoms with Crippen molar-refractivity contribution in [2.75, 3.05) is 18.4 Å². The number of benzene rings is 1. The van der Waals surface area contributed by atoms with E-state index in [2.05, 4.69) is 20.9 Å². The molecule has 1 amide bonds. The number of phenols is 1. The van der Waals surface area contributed by atoms with Crippen molar-refractivity contribution >= 4 is 43.6 Å². The van der Waals surface area contributed by atoms with E-state index in [1.807, 2.05) is 0 Å². The van der Waals surface area contributed by atoms with Crippen LogP contribution in [0.15, 0.2) is 16.9 Å². The van der Waals surface area contributed by atoms with Crippen molar-refractivity contribution < 1.29 is 20.1 Å². The van der Waals surface area contributed by atoms with Crippen LogP contribution < -0.4 is 4.87 Å².